The van der Waals surface area contributed by atoms with Crippen molar-refractivity contribution in [3.8, 4) is 0 Å². The number of hydrogen-bond donors (Lipinski definition) is 1. The van der Waals surface area contributed by atoms with E-state index in [1.54, 1.807) is 7.11 Å². The Morgan fingerprint density at radius 3 is 2.76 bits per heavy atom. The SMILES string of the molecule is COC1CCCN(C(=O)C2CCCCN2)C1.Cl. The zero-order chi connectivity index (χ0) is 11.4. The van der Waals surface area contributed by atoms with E-state index in [1.807, 2.05) is 4.90 Å². The number of methoxy groups -OCH3 is 1. The van der Waals surface area contributed by atoms with Gasteiger partial charge in [-0.3, -0.25) is 4.79 Å². The van der Waals surface area contributed by atoms with Gasteiger partial charge in [-0.15, -0.1) is 12.4 Å². The third-order valence-electron chi connectivity index (χ3n) is 3.63. The predicted octanol–water partition coefficient (Wildman–Crippen LogP) is 1.19. The second kappa shape index (κ2) is 7.19. The molecule has 2 fully saturated rings. The molecule has 2 saturated heterocycles. The van der Waals surface area contributed by atoms with Crippen LogP contribution in [0.5, 0.6) is 0 Å². The first-order chi connectivity index (χ1) is 7.81. The monoisotopic (exact) mass is 262 g/mol. The molecule has 2 unspecified atom stereocenters. The van der Waals surface area contributed by atoms with Gasteiger partial charge in [-0.25, -0.2) is 0 Å². The molecule has 0 radical (unpaired) electrons. The van der Waals surface area contributed by atoms with E-state index in [0.29, 0.717) is 0 Å². The lowest BCUT2D eigenvalue weighted by molar-refractivity contribution is -0.137. The molecular formula is C12H23ClN2O2. The fraction of sp³-hybridized carbons (Fsp3) is 0.917. The molecule has 100 valence electrons. The van der Waals surface area contributed by atoms with Crippen LogP contribution in [0.4, 0.5) is 0 Å². The Balaban J connectivity index is 0.00000144. The molecular weight excluding hydrogens is 240 g/mol. The van der Waals surface area contributed by atoms with Crippen molar-refractivity contribution in [2.45, 2.75) is 44.2 Å². The van der Waals surface area contributed by atoms with E-state index in [0.717, 1.165) is 38.9 Å². The number of nitrogens with zero attached hydrogens (tertiary/aromatic N) is 1. The van der Waals surface area contributed by atoms with Gasteiger partial charge in [0.05, 0.1) is 12.1 Å². The maximum atomic E-state index is 12.2. The highest BCUT2D eigenvalue weighted by Gasteiger charge is 2.29. The lowest BCUT2D eigenvalue weighted by Gasteiger charge is -2.35. The molecule has 17 heavy (non-hydrogen) atoms. The van der Waals surface area contributed by atoms with E-state index in [4.69, 9.17) is 4.74 Å². The van der Waals surface area contributed by atoms with Crippen LogP contribution in [0.2, 0.25) is 0 Å². The molecule has 0 aliphatic carbocycles. The molecule has 1 amide bonds. The van der Waals surface area contributed by atoms with Crippen molar-refractivity contribution in [3.05, 3.63) is 0 Å². The zero-order valence-electron chi connectivity index (χ0n) is 10.5. The Morgan fingerprint density at radius 2 is 2.12 bits per heavy atom. The maximum Gasteiger partial charge on any atom is 0.239 e. The van der Waals surface area contributed by atoms with Crippen molar-refractivity contribution in [3.63, 3.8) is 0 Å². The van der Waals surface area contributed by atoms with Crippen molar-refractivity contribution >= 4 is 18.3 Å². The van der Waals surface area contributed by atoms with Crippen LogP contribution in [0, 0.1) is 0 Å². The summed E-state index contributed by atoms with van der Waals surface area (Å²) >= 11 is 0. The number of carbonyl (C=O) groups excluding carboxylic acids is 1. The van der Waals surface area contributed by atoms with Crippen LogP contribution < -0.4 is 5.32 Å². The van der Waals surface area contributed by atoms with Crippen LogP contribution in [-0.4, -0.2) is 49.7 Å². The quantitative estimate of drug-likeness (QED) is 0.813. The van der Waals surface area contributed by atoms with E-state index in [-0.39, 0.29) is 30.5 Å². The molecule has 0 aromatic carbocycles. The van der Waals surface area contributed by atoms with Crippen LogP contribution in [0.15, 0.2) is 0 Å². The molecule has 1 N–H and O–H groups in total. The number of ether oxygens (including phenoxy) is 1. The molecule has 0 bridgehead atoms. The number of piperidine rings is 2. The van der Waals surface area contributed by atoms with E-state index in [1.165, 1.54) is 12.8 Å². The molecule has 0 aromatic heterocycles. The fourth-order valence-electron chi connectivity index (χ4n) is 2.61. The summed E-state index contributed by atoms with van der Waals surface area (Å²) in [6, 6.07) is 0.0596. The van der Waals surface area contributed by atoms with Crippen molar-refractivity contribution in [2.75, 3.05) is 26.7 Å². The van der Waals surface area contributed by atoms with E-state index >= 15 is 0 Å². The second-order valence-electron chi connectivity index (χ2n) is 4.79. The largest absolute Gasteiger partial charge is 0.380 e. The summed E-state index contributed by atoms with van der Waals surface area (Å²) in [6.45, 7) is 2.66. The molecule has 5 heteroatoms. The first-order valence-electron chi connectivity index (χ1n) is 6.36. The average molecular weight is 263 g/mol. The normalized spacial score (nSPS) is 29.6. The predicted molar refractivity (Wildman–Crippen MR) is 69.5 cm³/mol. The minimum Gasteiger partial charge on any atom is -0.380 e. The second-order valence-corrected chi connectivity index (χ2v) is 4.79. The first-order valence-corrected chi connectivity index (χ1v) is 6.36. The Kier molecular flexibility index (Phi) is 6.23. The maximum absolute atomic E-state index is 12.2. The van der Waals surface area contributed by atoms with Gasteiger partial charge in [0, 0.05) is 20.2 Å². The molecule has 2 aliphatic rings. The third-order valence-corrected chi connectivity index (χ3v) is 3.63. The van der Waals surface area contributed by atoms with Gasteiger partial charge in [0.2, 0.25) is 5.91 Å². The summed E-state index contributed by atoms with van der Waals surface area (Å²) in [6.07, 6.45) is 5.75. The lowest BCUT2D eigenvalue weighted by atomic mass is 10.0. The van der Waals surface area contributed by atoms with Gasteiger partial charge in [-0.1, -0.05) is 6.42 Å². The van der Waals surface area contributed by atoms with Gasteiger partial charge in [0.1, 0.15) is 0 Å². The number of nitrogens with one attached hydrogen (secondary N) is 1. The van der Waals surface area contributed by atoms with Crippen LogP contribution >= 0.6 is 12.4 Å². The molecule has 0 saturated carbocycles. The number of carbonyl (C=O) groups is 1. The summed E-state index contributed by atoms with van der Waals surface area (Å²) in [7, 11) is 1.73. The zero-order valence-corrected chi connectivity index (χ0v) is 11.3. The van der Waals surface area contributed by atoms with E-state index in [9.17, 15) is 4.79 Å². The van der Waals surface area contributed by atoms with Gasteiger partial charge in [0.15, 0.2) is 0 Å². The smallest absolute Gasteiger partial charge is 0.239 e. The molecule has 2 heterocycles. The van der Waals surface area contributed by atoms with Crippen molar-refractivity contribution in [1.82, 2.24) is 10.2 Å². The summed E-state index contributed by atoms with van der Waals surface area (Å²) in [5.41, 5.74) is 0. The highest BCUT2D eigenvalue weighted by atomic mass is 35.5. The van der Waals surface area contributed by atoms with Gasteiger partial charge in [-0.2, -0.15) is 0 Å². The van der Waals surface area contributed by atoms with Crippen LogP contribution in [0.1, 0.15) is 32.1 Å². The van der Waals surface area contributed by atoms with Crippen LogP contribution in [0.25, 0.3) is 0 Å². The van der Waals surface area contributed by atoms with E-state index in [2.05, 4.69) is 5.32 Å². The molecule has 2 atom stereocenters. The van der Waals surface area contributed by atoms with Crippen molar-refractivity contribution in [2.24, 2.45) is 0 Å². The topological polar surface area (TPSA) is 41.6 Å². The summed E-state index contributed by atoms with van der Waals surface area (Å²) in [5.74, 6) is 0.279. The number of likely N-dealkylation sites (tertiary alicyclic amines) is 1. The molecule has 0 aromatic rings. The molecule has 2 aliphatic heterocycles. The molecule has 2 rings (SSSR count). The number of rotatable bonds is 2. The average Bonchev–Trinajstić information content (AvgIpc) is 2.39. The van der Waals surface area contributed by atoms with Crippen molar-refractivity contribution in [1.29, 1.82) is 0 Å². The number of hydrogen-bond acceptors (Lipinski definition) is 3. The third kappa shape index (κ3) is 3.83. The Labute approximate surface area is 109 Å². The van der Waals surface area contributed by atoms with Gasteiger partial charge >= 0.3 is 0 Å². The highest BCUT2D eigenvalue weighted by Crippen LogP contribution is 2.16. The van der Waals surface area contributed by atoms with Crippen LogP contribution in [0.3, 0.4) is 0 Å². The van der Waals surface area contributed by atoms with Gasteiger partial charge in [0.25, 0.3) is 0 Å². The van der Waals surface area contributed by atoms with Gasteiger partial charge in [-0.05, 0) is 32.2 Å². The van der Waals surface area contributed by atoms with Gasteiger partial charge < -0.3 is 15.0 Å². The number of amides is 1. The molecule has 0 spiro atoms. The van der Waals surface area contributed by atoms with Crippen LogP contribution in [-0.2, 0) is 9.53 Å². The Hall–Kier alpha value is -0.320. The Morgan fingerprint density at radius 1 is 1.29 bits per heavy atom. The number of halogens is 1. The summed E-state index contributed by atoms with van der Waals surface area (Å²) < 4.78 is 5.34. The Bertz CT molecular complexity index is 245. The van der Waals surface area contributed by atoms with Crippen molar-refractivity contribution < 1.29 is 9.53 Å². The molecule has 4 nitrogen and oxygen atoms in total. The van der Waals surface area contributed by atoms with E-state index < -0.39 is 0 Å². The first kappa shape index (κ1) is 14.7. The summed E-state index contributed by atoms with van der Waals surface area (Å²) in [5, 5.41) is 3.32. The standard InChI is InChI=1S/C12H22N2O2.ClH/c1-16-10-5-4-8-14(9-10)12(15)11-6-2-3-7-13-11;/h10-11,13H,2-9H2,1H3;1H. The highest BCUT2D eigenvalue weighted by molar-refractivity contribution is 5.85. The fourth-order valence-corrected chi connectivity index (χ4v) is 2.61. The minimum atomic E-state index is 0. The summed E-state index contributed by atoms with van der Waals surface area (Å²) in [4.78, 5) is 14.2. The minimum absolute atomic E-state index is 0. The lowest BCUT2D eigenvalue weighted by Crippen LogP contribution is -2.52.